The molecule has 1 fully saturated rings. The first-order valence-electron chi connectivity index (χ1n) is 9.51. The van der Waals surface area contributed by atoms with Gasteiger partial charge >= 0.3 is 6.03 Å². The summed E-state index contributed by atoms with van der Waals surface area (Å²) >= 11 is 6.16. The van der Waals surface area contributed by atoms with Crippen LogP contribution in [0.2, 0.25) is 5.02 Å². The van der Waals surface area contributed by atoms with Crippen molar-refractivity contribution in [1.82, 2.24) is 10.3 Å². The molecule has 1 aliphatic carbocycles. The van der Waals surface area contributed by atoms with Crippen molar-refractivity contribution in [2.45, 2.75) is 37.3 Å². The molecule has 5 nitrogen and oxygen atoms in total. The fourth-order valence-corrected chi connectivity index (χ4v) is 4.36. The molecule has 3 aromatic rings. The molecule has 2 N–H and O–H groups in total. The highest BCUT2D eigenvalue weighted by Crippen LogP contribution is 2.49. The van der Waals surface area contributed by atoms with E-state index in [0.717, 1.165) is 53.5 Å². The lowest BCUT2D eigenvalue weighted by Crippen LogP contribution is -2.50. The van der Waals surface area contributed by atoms with Crippen molar-refractivity contribution in [3.8, 4) is 5.75 Å². The fraction of sp³-hybridized carbons (Fsp3) is 0.273. The Balaban J connectivity index is 1.40. The van der Waals surface area contributed by atoms with E-state index in [4.69, 9.17) is 16.3 Å². The van der Waals surface area contributed by atoms with Crippen LogP contribution in [0.4, 0.5) is 10.5 Å². The van der Waals surface area contributed by atoms with E-state index in [1.807, 2.05) is 42.5 Å². The number of halogens is 1. The molecule has 2 aromatic carbocycles. The van der Waals surface area contributed by atoms with Gasteiger partial charge in [0, 0.05) is 40.2 Å². The van der Waals surface area contributed by atoms with E-state index in [9.17, 15) is 4.79 Å². The Morgan fingerprint density at radius 1 is 1.21 bits per heavy atom. The summed E-state index contributed by atoms with van der Waals surface area (Å²) in [6.07, 6.45) is 7.46. The zero-order valence-corrected chi connectivity index (χ0v) is 16.0. The van der Waals surface area contributed by atoms with Gasteiger partial charge in [0.05, 0.1) is 11.7 Å². The third-order valence-corrected chi connectivity index (χ3v) is 5.99. The number of anilines is 1. The molecule has 1 saturated carbocycles. The van der Waals surface area contributed by atoms with E-state index in [0.29, 0.717) is 5.02 Å². The van der Waals surface area contributed by atoms with Crippen LogP contribution in [0.15, 0.2) is 54.9 Å². The Kier molecular flexibility index (Phi) is 4.13. The predicted octanol–water partition coefficient (Wildman–Crippen LogP) is 5.46. The minimum atomic E-state index is -0.230. The maximum atomic E-state index is 12.8. The summed E-state index contributed by atoms with van der Waals surface area (Å²) in [5.41, 5.74) is 1.55. The van der Waals surface area contributed by atoms with E-state index >= 15 is 0 Å². The Bertz CT molecular complexity index is 1060. The highest BCUT2D eigenvalue weighted by molar-refractivity contribution is 6.30. The van der Waals surface area contributed by atoms with Crippen LogP contribution >= 0.6 is 11.6 Å². The average molecular weight is 394 g/mol. The number of urea groups is 1. The zero-order valence-electron chi connectivity index (χ0n) is 15.2. The summed E-state index contributed by atoms with van der Waals surface area (Å²) in [7, 11) is 0. The lowest BCUT2D eigenvalue weighted by atomic mass is 9.73. The van der Waals surface area contributed by atoms with E-state index in [1.165, 1.54) is 0 Å². The first kappa shape index (κ1) is 17.3. The van der Waals surface area contributed by atoms with Crippen molar-refractivity contribution in [3.05, 3.63) is 65.4 Å². The number of carbonyl (C=O) groups is 1. The molecule has 1 aromatic heterocycles. The van der Waals surface area contributed by atoms with Gasteiger partial charge in [-0.1, -0.05) is 29.8 Å². The summed E-state index contributed by atoms with van der Waals surface area (Å²) in [6, 6.07) is 13.0. The number of aromatic nitrogens is 1. The van der Waals surface area contributed by atoms with Gasteiger partial charge in [-0.3, -0.25) is 4.98 Å². The third-order valence-electron chi connectivity index (χ3n) is 5.75. The number of nitrogens with zero attached hydrogens (tertiary/aromatic N) is 1. The molecule has 2 heterocycles. The SMILES string of the molecule is O=C(Nc1cccc2cnccc12)NC1CC2(CCC2)Oc2cc(Cl)ccc21. The zero-order chi connectivity index (χ0) is 19.1. The molecule has 1 spiro atoms. The first-order chi connectivity index (χ1) is 13.6. The predicted molar refractivity (Wildman–Crippen MR) is 110 cm³/mol. The highest BCUT2D eigenvalue weighted by Gasteiger charge is 2.46. The number of nitrogens with one attached hydrogen (secondary N) is 2. The van der Waals surface area contributed by atoms with Gasteiger partial charge in [-0.05, 0) is 43.5 Å². The van der Waals surface area contributed by atoms with Crippen LogP contribution in [0.1, 0.15) is 37.3 Å². The largest absolute Gasteiger partial charge is 0.487 e. The standard InChI is InChI=1S/C22H20ClN3O2/c23-15-5-6-17-19(12-22(8-2-9-22)28-20(17)11-15)26-21(27)25-18-4-1-3-14-13-24-10-7-16(14)18/h1,3-7,10-11,13,19H,2,8-9,12H2,(H2,25,26,27). The number of fused-ring (bicyclic) bond motifs is 2. The Labute approximate surface area is 168 Å². The number of pyridine rings is 1. The van der Waals surface area contributed by atoms with Gasteiger partial charge in [-0.25, -0.2) is 4.79 Å². The molecule has 2 aliphatic rings. The molecule has 0 radical (unpaired) electrons. The van der Waals surface area contributed by atoms with Crippen molar-refractivity contribution < 1.29 is 9.53 Å². The molecule has 1 unspecified atom stereocenters. The maximum absolute atomic E-state index is 12.8. The molecule has 142 valence electrons. The van der Waals surface area contributed by atoms with E-state index in [2.05, 4.69) is 15.6 Å². The summed E-state index contributed by atoms with van der Waals surface area (Å²) in [6.45, 7) is 0. The van der Waals surface area contributed by atoms with E-state index in [1.54, 1.807) is 12.4 Å². The van der Waals surface area contributed by atoms with Crippen LogP contribution in [-0.2, 0) is 0 Å². The second-order valence-electron chi connectivity index (χ2n) is 7.58. The Hall–Kier alpha value is -2.79. The number of rotatable bonds is 2. The van der Waals surface area contributed by atoms with Gasteiger partial charge in [-0.15, -0.1) is 0 Å². The molecule has 28 heavy (non-hydrogen) atoms. The van der Waals surface area contributed by atoms with Crippen LogP contribution < -0.4 is 15.4 Å². The minimum Gasteiger partial charge on any atom is -0.487 e. The van der Waals surface area contributed by atoms with Crippen LogP contribution in [0, 0.1) is 0 Å². The molecular formula is C22H20ClN3O2. The van der Waals surface area contributed by atoms with Crippen LogP contribution in [-0.4, -0.2) is 16.6 Å². The van der Waals surface area contributed by atoms with Crippen molar-refractivity contribution in [2.75, 3.05) is 5.32 Å². The maximum Gasteiger partial charge on any atom is 0.319 e. The van der Waals surface area contributed by atoms with Crippen molar-refractivity contribution in [2.24, 2.45) is 0 Å². The van der Waals surface area contributed by atoms with Gasteiger partial charge in [0.1, 0.15) is 11.4 Å². The van der Waals surface area contributed by atoms with Crippen molar-refractivity contribution >= 4 is 34.1 Å². The molecule has 0 saturated heterocycles. The summed E-state index contributed by atoms with van der Waals surface area (Å²) < 4.78 is 6.26. The molecule has 1 atom stereocenters. The molecule has 6 heteroatoms. The number of carbonyl (C=O) groups excluding carboxylic acids is 1. The summed E-state index contributed by atoms with van der Waals surface area (Å²) in [4.78, 5) is 17.0. The molecule has 2 amide bonds. The summed E-state index contributed by atoms with van der Waals surface area (Å²) in [5.74, 6) is 0.778. The van der Waals surface area contributed by atoms with Crippen LogP contribution in [0.25, 0.3) is 10.8 Å². The lowest BCUT2D eigenvalue weighted by Gasteiger charge is -2.48. The number of hydrogen-bond acceptors (Lipinski definition) is 3. The Morgan fingerprint density at radius 2 is 2.11 bits per heavy atom. The molecule has 0 bridgehead atoms. The number of benzene rings is 2. The highest BCUT2D eigenvalue weighted by atomic mass is 35.5. The summed E-state index contributed by atoms with van der Waals surface area (Å²) in [5, 5.41) is 8.72. The number of amides is 2. The van der Waals surface area contributed by atoms with E-state index in [-0.39, 0.29) is 17.7 Å². The number of ether oxygens (including phenoxy) is 1. The monoisotopic (exact) mass is 393 g/mol. The molecule has 1 aliphatic heterocycles. The molecular weight excluding hydrogens is 374 g/mol. The second-order valence-corrected chi connectivity index (χ2v) is 8.01. The fourth-order valence-electron chi connectivity index (χ4n) is 4.20. The Morgan fingerprint density at radius 3 is 2.93 bits per heavy atom. The average Bonchev–Trinajstić information content (AvgIpc) is 2.66. The van der Waals surface area contributed by atoms with Gasteiger partial charge in [-0.2, -0.15) is 0 Å². The second kappa shape index (κ2) is 6.67. The number of hydrogen-bond donors (Lipinski definition) is 2. The smallest absolute Gasteiger partial charge is 0.319 e. The van der Waals surface area contributed by atoms with Crippen LogP contribution in [0.3, 0.4) is 0 Å². The van der Waals surface area contributed by atoms with Gasteiger partial charge in [0.15, 0.2) is 0 Å². The third kappa shape index (κ3) is 3.06. The van der Waals surface area contributed by atoms with Gasteiger partial charge in [0.25, 0.3) is 0 Å². The molecule has 5 rings (SSSR count). The topological polar surface area (TPSA) is 63.2 Å². The van der Waals surface area contributed by atoms with Crippen molar-refractivity contribution in [1.29, 1.82) is 0 Å². The quantitative estimate of drug-likeness (QED) is 0.608. The minimum absolute atomic E-state index is 0.113. The normalized spacial score (nSPS) is 19.4. The first-order valence-corrected chi connectivity index (χ1v) is 9.88. The van der Waals surface area contributed by atoms with Crippen molar-refractivity contribution in [3.63, 3.8) is 0 Å². The van der Waals surface area contributed by atoms with Crippen LogP contribution in [0.5, 0.6) is 5.75 Å². The lowest BCUT2D eigenvalue weighted by molar-refractivity contribution is -0.0354. The van der Waals surface area contributed by atoms with Gasteiger partial charge < -0.3 is 15.4 Å². The van der Waals surface area contributed by atoms with E-state index < -0.39 is 0 Å². The van der Waals surface area contributed by atoms with Gasteiger partial charge in [0.2, 0.25) is 0 Å².